The second-order valence-corrected chi connectivity index (χ2v) is 8.75. The zero-order chi connectivity index (χ0) is 20.9. The molecule has 0 radical (unpaired) electrons. The number of esters is 1. The fraction of sp³-hybridized carbons (Fsp3) is 0.412. The molecule has 1 atom stereocenters. The summed E-state index contributed by atoms with van der Waals surface area (Å²) >= 11 is 1.38. The number of hydrogen-bond donors (Lipinski definition) is 1. The molecule has 1 aromatic heterocycles. The molecular weight excluding hydrogens is 417 g/mol. The van der Waals surface area contributed by atoms with Crippen LogP contribution in [0.15, 0.2) is 34.5 Å². The number of thiazole rings is 1. The van der Waals surface area contributed by atoms with Crippen LogP contribution in [0.2, 0.25) is 0 Å². The first-order chi connectivity index (χ1) is 13.0. The number of benzene rings is 1. The Morgan fingerprint density at radius 3 is 2.50 bits per heavy atom. The van der Waals surface area contributed by atoms with Crippen LogP contribution in [0.25, 0.3) is 11.3 Å². The molecule has 6 nitrogen and oxygen atoms in total. The van der Waals surface area contributed by atoms with Crippen molar-refractivity contribution in [2.24, 2.45) is 0 Å². The molecule has 0 spiro atoms. The van der Waals surface area contributed by atoms with Crippen LogP contribution in [0.5, 0.6) is 0 Å². The van der Waals surface area contributed by atoms with Gasteiger partial charge in [-0.15, -0.1) is 11.3 Å². The molecule has 1 N–H and O–H groups in total. The van der Waals surface area contributed by atoms with Gasteiger partial charge in [-0.25, -0.2) is 18.1 Å². The molecule has 0 aliphatic rings. The number of carbonyl (C=O) groups is 1. The maximum absolute atomic E-state index is 12.2. The van der Waals surface area contributed by atoms with E-state index in [-0.39, 0.29) is 17.0 Å². The third kappa shape index (κ3) is 6.88. The van der Waals surface area contributed by atoms with Crippen molar-refractivity contribution in [3.05, 3.63) is 34.7 Å². The minimum atomic E-state index is -4.43. The number of ether oxygens (including phenoxy) is 1. The largest absolute Gasteiger partial charge is 0.462 e. The average molecular weight is 436 g/mol. The minimum Gasteiger partial charge on any atom is -0.462 e. The number of carbonyl (C=O) groups excluding carboxylic acids is 1. The summed E-state index contributed by atoms with van der Waals surface area (Å²) in [5.41, 5.74) is 1.29. The zero-order valence-electron chi connectivity index (χ0n) is 15.1. The first kappa shape index (κ1) is 22.3. The third-order valence-electron chi connectivity index (χ3n) is 3.54. The van der Waals surface area contributed by atoms with E-state index in [4.69, 9.17) is 4.74 Å². The normalized spacial score (nSPS) is 13.3. The number of aromatic nitrogens is 1. The Labute approximate surface area is 164 Å². The number of nitrogens with zero attached hydrogens (tertiary/aromatic N) is 1. The second kappa shape index (κ2) is 9.01. The van der Waals surface area contributed by atoms with Crippen molar-refractivity contribution in [2.75, 3.05) is 6.54 Å². The van der Waals surface area contributed by atoms with Crippen LogP contribution in [0.1, 0.15) is 25.3 Å². The van der Waals surface area contributed by atoms with E-state index < -0.39 is 29.2 Å². The van der Waals surface area contributed by atoms with Gasteiger partial charge in [0.05, 0.1) is 22.0 Å². The Kier molecular flexibility index (Phi) is 7.18. The lowest BCUT2D eigenvalue weighted by atomic mass is 10.2. The maximum Gasteiger partial charge on any atom is 0.390 e. The van der Waals surface area contributed by atoms with Crippen LogP contribution < -0.4 is 4.72 Å². The Bertz CT molecular complexity index is 909. The van der Waals surface area contributed by atoms with Gasteiger partial charge in [-0.1, -0.05) is 12.1 Å². The predicted molar refractivity (Wildman–Crippen MR) is 98.3 cm³/mol. The second-order valence-electron chi connectivity index (χ2n) is 6.04. The Hall–Kier alpha value is -1.98. The van der Waals surface area contributed by atoms with Crippen molar-refractivity contribution in [3.8, 4) is 11.3 Å². The van der Waals surface area contributed by atoms with Gasteiger partial charge in [0.15, 0.2) is 0 Å². The van der Waals surface area contributed by atoms with Gasteiger partial charge in [-0.05, 0) is 19.1 Å². The predicted octanol–water partition coefficient (Wildman–Crippen LogP) is 3.53. The SMILES string of the molecule is CC(=O)OC(C)Cc1nc(-c2ccc(S(=O)(=O)NCCC(F)(F)F)cc2)cs1. The lowest BCUT2D eigenvalue weighted by Gasteiger charge is -2.09. The van der Waals surface area contributed by atoms with Gasteiger partial charge in [-0.2, -0.15) is 13.2 Å². The number of rotatable bonds is 8. The van der Waals surface area contributed by atoms with Crippen molar-refractivity contribution >= 4 is 27.3 Å². The van der Waals surface area contributed by atoms with Gasteiger partial charge in [-0.3, -0.25) is 4.79 Å². The first-order valence-corrected chi connectivity index (χ1v) is 10.6. The Balaban J connectivity index is 2.03. The standard InChI is InChI=1S/C17H19F3N2O4S2/c1-11(26-12(2)23)9-16-22-15(10-27-16)13-3-5-14(6-4-13)28(24,25)21-8-7-17(18,19)20/h3-6,10-11,21H,7-9H2,1-2H3. The van der Waals surface area contributed by atoms with Crippen LogP contribution >= 0.6 is 11.3 Å². The number of hydrogen-bond acceptors (Lipinski definition) is 6. The molecule has 0 saturated carbocycles. The van der Waals surface area contributed by atoms with Gasteiger partial charge in [0.1, 0.15) is 6.10 Å². The third-order valence-corrected chi connectivity index (χ3v) is 5.89. The molecule has 1 unspecified atom stereocenters. The van der Waals surface area contributed by atoms with Crippen LogP contribution in [0, 0.1) is 0 Å². The van der Waals surface area contributed by atoms with Gasteiger partial charge in [0, 0.05) is 30.8 Å². The average Bonchev–Trinajstić information content (AvgIpc) is 3.01. The van der Waals surface area contributed by atoms with Gasteiger partial charge in [0.2, 0.25) is 10.0 Å². The fourth-order valence-corrected chi connectivity index (χ4v) is 4.27. The summed E-state index contributed by atoms with van der Waals surface area (Å²) < 4.78 is 67.5. The molecule has 2 rings (SSSR count). The first-order valence-electron chi connectivity index (χ1n) is 8.25. The van der Waals surface area contributed by atoms with Crippen LogP contribution in [-0.4, -0.2) is 38.2 Å². The van der Waals surface area contributed by atoms with Gasteiger partial charge in [0.25, 0.3) is 0 Å². The van der Waals surface area contributed by atoms with E-state index >= 15 is 0 Å². The lowest BCUT2D eigenvalue weighted by Crippen LogP contribution is -2.28. The number of halogens is 3. The van der Waals surface area contributed by atoms with E-state index in [1.54, 1.807) is 12.3 Å². The number of alkyl halides is 3. The van der Waals surface area contributed by atoms with Crippen LogP contribution in [-0.2, 0) is 26.0 Å². The highest BCUT2D eigenvalue weighted by Gasteiger charge is 2.27. The smallest absolute Gasteiger partial charge is 0.390 e. The summed E-state index contributed by atoms with van der Waals surface area (Å²) in [6.45, 7) is 2.37. The molecule has 2 aromatic rings. The lowest BCUT2D eigenvalue weighted by molar-refractivity contribution is -0.145. The quantitative estimate of drug-likeness (QED) is 0.640. The van der Waals surface area contributed by atoms with Crippen molar-refractivity contribution in [1.29, 1.82) is 0 Å². The van der Waals surface area contributed by atoms with Crippen molar-refractivity contribution in [1.82, 2.24) is 9.71 Å². The van der Waals surface area contributed by atoms with E-state index in [0.717, 1.165) is 5.01 Å². The van der Waals surface area contributed by atoms with Gasteiger partial charge < -0.3 is 4.74 Å². The molecule has 11 heteroatoms. The Morgan fingerprint density at radius 1 is 1.29 bits per heavy atom. The van der Waals surface area contributed by atoms with E-state index in [0.29, 0.717) is 17.7 Å². The van der Waals surface area contributed by atoms with E-state index in [1.807, 2.05) is 4.72 Å². The molecule has 0 aliphatic heterocycles. The molecule has 1 heterocycles. The summed E-state index contributed by atoms with van der Waals surface area (Å²) in [6.07, 6.45) is -5.52. The van der Waals surface area contributed by atoms with E-state index in [2.05, 4.69) is 4.98 Å². The summed E-state index contributed by atoms with van der Waals surface area (Å²) in [5, 5.41) is 2.55. The van der Waals surface area contributed by atoms with Crippen LogP contribution in [0.3, 0.4) is 0 Å². The minimum absolute atomic E-state index is 0.127. The topological polar surface area (TPSA) is 85.4 Å². The highest BCUT2D eigenvalue weighted by molar-refractivity contribution is 7.89. The number of sulfonamides is 1. The molecule has 154 valence electrons. The van der Waals surface area contributed by atoms with E-state index in [1.165, 1.54) is 42.5 Å². The zero-order valence-corrected chi connectivity index (χ0v) is 16.7. The highest BCUT2D eigenvalue weighted by Crippen LogP contribution is 2.25. The summed E-state index contributed by atoms with van der Waals surface area (Å²) in [7, 11) is -4.02. The molecule has 0 aliphatic carbocycles. The van der Waals surface area contributed by atoms with Gasteiger partial charge >= 0.3 is 12.1 Å². The molecule has 1 aromatic carbocycles. The summed E-state index contributed by atoms with van der Waals surface area (Å²) in [4.78, 5) is 15.3. The molecule has 0 bridgehead atoms. The fourth-order valence-electron chi connectivity index (χ4n) is 2.32. The Morgan fingerprint density at radius 2 is 1.93 bits per heavy atom. The number of nitrogens with one attached hydrogen (secondary N) is 1. The molecular formula is C17H19F3N2O4S2. The van der Waals surface area contributed by atoms with E-state index in [9.17, 15) is 26.4 Å². The molecule has 28 heavy (non-hydrogen) atoms. The molecule has 0 fully saturated rings. The van der Waals surface area contributed by atoms with Crippen molar-refractivity contribution in [2.45, 2.75) is 43.9 Å². The molecule has 0 saturated heterocycles. The van der Waals surface area contributed by atoms with Crippen molar-refractivity contribution < 1.29 is 31.1 Å². The van der Waals surface area contributed by atoms with Crippen LogP contribution in [0.4, 0.5) is 13.2 Å². The summed E-state index contributed by atoms with van der Waals surface area (Å²) in [5.74, 6) is -0.370. The molecule has 0 amide bonds. The summed E-state index contributed by atoms with van der Waals surface area (Å²) in [6, 6.07) is 5.69. The van der Waals surface area contributed by atoms with Crippen molar-refractivity contribution in [3.63, 3.8) is 0 Å². The highest BCUT2D eigenvalue weighted by atomic mass is 32.2. The maximum atomic E-state index is 12.2. The monoisotopic (exact) mass is 436 g/mol.